The Bertz CT molecular complexity index is 1470. The summed E-state index contributed by atoms with van der Waals surface area (Å²) < 4.78 is 56.0. The average molecular weight is 464 g/mol. The third kappa shape index (κ3) is 3.81. The maximum atomic E-state index is 12.8. The third-order valence-corrected chi connectivity index (χ3v) is 7.42. The number of hydrogen-bond donors (Lipinski definition) is 3. The molecule has 3 aromatic rings. The van der Waals surface area contributed by atoms with Gasteiger partial charge in [0, 0.05) is 12.1 Å². The smallest absolute Gasteiger partial charge is 0.292 e. The Hall–Kier alpha value is -3.20. The van der Waals surface area contributed by atoms with Crippen molar-refractivity contribution in [2.45, 2.75) is 9.79 Å². The Morgan fingerprint density at radius 2 is 1.87 bits per heavy atom. The van der Waals surface area contributed by atoms with E-state index in [0.717, 1.165) is 0 Å². The fraction of sp³-hybridized carbons (Fsp3) is 0.176. The van der Waals surface area contributed by atoms with Crippen LogP contribution in [-0.4, -0.2) is 46.6 Å². The topological polar surface area (TPSA) is 209 Å². The summed E-state index contributed by atoms with van der Waals surface area (Å²) >= 11 is 0. The largest absolute Gasteiger partial charge is 0.424 e. The van der Waals surface area contributed by atoms with Crippen LogP contribution in [0.5, 0.6) is 0 Å². The van der Waals surface area contributed by atoms with Crippen LogP contribution in [-0.2, 0) is 19.9 Å². The van der Waals surface area contributed by atoms with Crippen molar-refractivity contribution in [2.24, 2.45) is 26.1 Å². The lowest BCUT2D eigenvalue weighted by molar-refractivity contribution is 0.583. The summed E-state index contributed by atoms with van der Waals surface area (Å²) in [5.74, 6) is -0.521. The van der Waals surface area contributed by atoms with Crippen LogP contribution in [0.25, 0.3) is 22.2 Å². The van der Waals surface area contributed by atoms with Gasteiger partial charge in [0.05, 0.1) is 10.6 Å². The van der Waals surface area contributed by atoms with Gasteiger partial charge in [-0.15, -0.1) is 5.11 Å². The molecular formula is C17H17N7O5S2. The van der Waals surface area contributed by atoms with Crippen LogP contribution in [0, 0.1) is 0 Å². The van der Waals surface area contributed by atoms with E-state index in [2.05, 4.69) is 20.2 Å². The molecule has 1 aromatic heterocycles. The van der Waals surface area contributed by atoms with Gasteiger partial charge in [0.1, 0.15) is 10.4 Å². The molecule has 0 bridgehead atoms. The van der Waals surface area contributed by atoms with Crippen molar-refractivity contribution in [1.29, 1.82) is 0 Å². The van der Waals surface area contributed by atoms with Crippen LogP contribution in [0.2, 0.25) is 0 Å². The summed E-state index contributed by atoms with van der Waals surface area (Å²) in [5, 5.41) is 13.1. The highest BCUT2D eigenvalue weighted by molar-refractivity contribution is 7.93. The molecule has 6 N–H and O–H groups in total. The SMILES string of the molecule is NCCS(=O)(=O)c1ccc(-c2ccc3nc(N)oc3c2)c(C2=NCN=N2)c1S(N)(=O)=O. The van der Waals surface area contributed by atoms with Crippen molar-refractivity contribution in [3.63, 3.8) is 0 Å². The Morgan fingerprint density at radius 3 is 2.52 bits per heavy atom. The molecule has 0 spiro atoms. The summed E-state index contributed by atoms with van der Waals surface area (Å²) in [6.45, 7) is -0.232. The van der Waals surface area contributed by atoms with Gasteiger partial charge in [-0.3, -0.25) is 0 Å². The zero-order chi connectivity index (χ0) is 22.4. The molecular weight excluding hydrogens is 446 g/mol. The van der Waals surface area contributed by atoms with E-state index in [9.17, 15) is 16.8 Å². The maximum Gasteiger partial charge on any atom is 0.292 e. The number of azo groups is 1. The van der Waals surface area contributed by atoms with Gasteiger partial charge < -0.3 is 15.9 Å². The molecule has 1 aliphatic heterocycles. The Kier molecular flexibility index (Phi) is 5.09. The predicted molar refractivity (Wildman–Crippen MR) is 113 cm³/mol. The van der Waals surface area contributed by atoms with Crippen molar-refractivity contribution in [3.05, 3.63) is 35.9 Å². The van der Waals surface area contributed by atoms with Crippen molar-refractivity contribution in [1.82, 2.24) is 4.98 Å². The molecule has 12 nitrogen and oxygen atoms in total. The summed E-state index contributed by atoms with van der Waals surface area (Å²) in [6.07, 6.45) is 0. The van der Waals surface area contributed by atoms with Gasteiger partial charge in [-0.25, -0.2) is 27.0 Å². The first kappa shape index (κ1) is 21.0. The molecule has 0 amide bonds. The highest BCUT2D eigenvalue weighted by atomic mass is 32.2. The second-order valence-corrected chi connectivity index (χ2v) is 10.1. The molecule has 1 aliphatic rings. The number of anilines is 1. The zero-order valence-electron chi connectivity index (χ0n) is 15.9. The van der Waals surface area contributed by atoms with Crippen LogP contribution >= 0.6 is 0 Å². The van der Waals surface area contributed by atoms with Gasteiger partial charge in [-0.05, 0) is 29.3 Å². The van der Waals surface area contributed by atoms with E-state index in [4.69, 9.17) is 21.0 Å². The zero-order valence-corrected chi connectivity index (χ0v) is 17.5. The highest BCUT2D eigenvalue weighted by Crippen LogP contribution is 2.36. The van der Waals surface area contributed by atoms with E-state index in [1.54, 1.807) is 18.2 Å². The number of nitrogens with zero attached hydrogens (tertiary/aromatic N) is 4. The maximum absolute atomic E-state index is 12.8. The van der Waals surface area contributed by atoms with Crippen molar-refractivity contribution in [3.8, 4) is 11.1 Å². The lowest BCUT2D eigenvalue weighted by atomic mass is 9.98. The van der Waals surface area contributed by atoms with Crippen molar-refractivity contribution >= 4 is 42.8 Å². The highest BCUT2D eigenvalue weighted by Gasteiger charge is 2.32. The molecule has 0 aliphatic carbocycles. The molecule has 0 saturated carbocycles. The fourth-order valence-corrected chi connectivity index (χ4v) is 6.04. The summed E-state index contributed by atoms with van der Waals surface area (Å²) in [5.41, 5.74) is 12.6. The minimum absolute atomic E-state index is 0.0315. The Labute approximate surface area is 176 Å². The molecule has 2 aromatic carbocycles. The van der Waals surface area contributed by atoms with E-state index in [1.165, 1.54) is 12.1 Å². The number of sulfone groups is 1. The van der Waals surface area contributed by atoms with Gasteiger partial charge in [-0.2, -0.15) is 10.1 Å². The second-order valence-electron chi connectivity index (χ2n) is 6.57. The number of rotatable bonds is 6. The van der Waals surface area contributed by atoms with Crippen LogP contribution in [0.4, 0.5) is 6.01 Å². The molecule has 0 fully saturated rings. The number of nitrogen functional groups attached to an aromatic ring is 1. The predicted octanol–water partition coefficient (Wildman–Crippen LogP) is 0.627. The molecule has 0 unspecified atom stereocenters. The number of benzene rings is 2. The molecule has 2 heterocycles. The summed E-state index contributed by atoms with van der Waals surface area (Å²) in [7, 11) is -8.59. The number of fused-ring (bicyclic) bond motifs is 1. The minimum atomic E-state index is -4.53. The molecule has 0 atom stereocenters. The second kappa shape index (κ2) is 7.49. The van der Waals surface area contributed by atoms with E-state index in [-0.39, 0.29) is 30.6 Å². The molecule has 31 heavy (non-hydrogen) atoms. The van der Waals surface area contributed by atoms with Crippen molar-refractivity contribution in [2.75, 3.05) is 24.7 Å². The Morgan fingerprint density at radius 1 is 1.10 bits per heavy atom. The first-order valence-corrected chi connectivity index (χ1v) is 12.0. The van der Waals surface area contributed by atoms with E-state index in [1.807, 2.05) is 0 Å². The van der Waals surface area contributed by atoms with Crippen molar-refractivity contribution < 1.29 is 21.3 Å². The Balaban J connectivity index is 2.10. The summed E-state index contributed by atoms with van der Waals surface area (Å²) in [6, 6.07) is 7.46. The number of oxazole rings is 1. The number of aromatic nitrogens is 1. The van der Waals surface area contributed by atoms with E-state index >= 15 is 0 Å². The average Bonchev–Trinajstić information content (AvgIpc) is 3.34. The number of amidine groups is 1. The quantitative estimate of drug-likeness (QED) is 0.470. The lowest BCUT2D eigenvalue weighted by Crippen LogP contribution is -2.24. The molecule has 162 valence electrons. The first-order valence-electron chi connectivity index (χ1n) is 8.83. The van der Waals surface area contributed by atoms with Gasteiger partial charge in [0.25, 0.3) is 6.01 Å². The number of hydrogen-bond acceptors (Lipinski definition) is 11. The first-order chi connectivity index (χ1) is 14.6. The van der Waals surface area contributed by atoms with Gasteiger partial charge in [0.15, 0.2) is 27.9 Å². The standard InChI is InChI=1S/C17H17N7O5S2/c18-5-6-30(25,26)13-4-2-10(9-1-3-11-12(7-9)29-17(19)23-11)14(15(13)31(20,27)28)16-21-8-22-24-16/h1-4,7H,5-6,8,18H2,(H2,19,23)(H2,20,27,28). The van der Waals surface area contributed by atoms with Crippen LogP contribution < -0.4 is 16.6 Å². The summed E-state index contributed by atoms with van der Waals surface area (Å²) in [4.78, 5) is 7.01. The number of sulfonamides is 1. The van der Waals surface area contributed by atoms with Crippen LogP contribution in [0.1, 0.15) is 5.56 Å². The van der Waals surface area contributed by atoms with Gasteiger partial charge in [0.2, 0.25) is 10.0 Å². The number of aliphatic imine (C=N–C) groups is 1. The molecule has 0 radical (unpaired) electrons. The molecule has 4 rings (SSSR count). The fourth-order valence-electron chi connectivity index (χ4n) is 3.29. The normalized spacial score (nSPS) is 14.3. The number of nitrogens with two attached hydrogens (primary N) is 3. The van der Waals surface area contributed by atoms with Crippen LogP contribution in [0.15, 0.2) is 59.8 Å². The third-order valence-electron chi connectivity index (χ3n) is 4.52. The van der Waals surface area contributed by atoms with E-state index < -0.39 is 35.4 Å². The van der Waals surface area contributed by atoms with Gasteiger partial charge in [-0.1, -0.05) is 12.1 Å². The van der Waals surface area contributed by atoms with Gasteiger partial charge >= 0.3 is 0 Å². The molecule has 0 saturated heterocycles. The van der Waals surface area contributed by atoms with Crippen LogP contribution in [0.3, 0.4) is 0 Å². The minimum Gasteiger partial charge on any atom is -0.424 e. The van der Waals surface area contributed by atoms with E-state index in [0.29, 0.717) is 22.2 Å². The number of primary sulfonamides is 1. The monoisotopic (exact) mass is 463 g/mol. The molecule has 14 heteroatoms. The lowest BCUT2D eigenvalue weighted by Gasteiger charge is -2.16.